The Morgan fingerprint density at radius 3 is 1.55 bits per heavy atom. The zero-order valence-corrected chi connectivity index (χ0v) is 25.3. The van der Waals surface area contributed by atoms with Crippen LogP contribution in [-0.4, -0.2) is 132 Å². The molecule has 0 fully saturated rings. The van der Waals surface area contributed by atoms with E-state index < -0.39 is 103 Å². The van der Waals surface area contributed by atoms with Gasteiger partial charge < -0.3 is 49.5 Å². The van der Waals surface area contributed by atoms with Crippen LogP contribution in [0.3, 0.4) is 0 Å². The second-order valence-corrected chi connectivity index (χ2v) is 11.6. The first-order chi connectivity index (χ1) is 17.0. The van der Waals surface area contributed by atoms with Crippen LogP contribution < -0.4 is 25.5 Å². The minimum absolute atomic E-state index is 0. The number of hydrogen-bond acceptors (Lipinski definition) is 17. The summed E-state index contributed by atoms with van der Waals surface area (Å²) in [6, 6.07) is -1.30. The molecule has 0 rings (SSSR count). The van der Waals surface area contributed by atoms with E-state index >= 15 is 0 Å². The molecular weight excluding hydrogens is 719 g/mol. The summed E-state index contributed by atoms with van der Waals surface area (Å²) < 4.78 is 9.86. The standard InChI is InChI=1S/C16H31BN3O14P3.Gd/c21-12(22)4-18(5-13(23)24)1-2-20(8-16(29)30)11(3-19(6-14(25)26)7-15(27)28)9-33-37(31,32)34-10-17(35)36;/h11,31-32H,1-10,35-36H2,(H4-,21,22,23,24,25,26,27,28,29,30);/q;+3/p-4. The molecule has 0 aromatic rings. The van der Waals surface area contributed by atoms with Gasteiger partial charge in [0.1, 0.15) is 6.61 Å². The van der Waals surface area contributed by atoms with E-state index in [0.717, 1.165) is 14.7 Å². The van der Waals surface area contributed by atoms with Crippen molar-refractivity contribution >= 4 is 62.4 Å². The van der Waals surface area contributed by atoms with E-state index in [0.29, 0.717) is 0 Å². The second kappa shape index (κ2) is 20.6. The number of carboxylic acids is 5. The zero-order chi connectivity index (χ0) is 28.8. The third-order valence-electron chi connectivity index (χ3n) is 4.30. The number of nitrogens with zero attached hydrogens (tertiary/aromatic N) is 3. The van der Waals surface area contributed by atoms with Crippen LogP contribution >= 0.6 is 26.4 Å². The average molecular weight is 746 g/mol. The van der Waals surface area contributed by atoms with Gasteiger partial charge in [0, 0.05) is 52.4 Å². The van der Waals surface area contributed by atoms with Crippen molar-refractivity contribution in [3.63, 3.8) is 0 Å². The van der Waals surface area contributed by atoms with Crippen molar-refractivity contribution in [2.45, 2.75) is 6.04 Å². The number of carbonyl (C=O) groups excluding carboxylic acids is 5. The van der Waals surface area contributed by atoms with Gasteiger partial charge in [0.2, 0.25) is 6.15 Å². The van der Waals surface area contributed by atoms with Gasteiger partial charge in [0.25, 0.3) is 0 Å². The molecule has 2 N–H and O–H groups in total. The number of carboxylic acid groups (broad SMARTS) is 5. The van der Waals surface area contributed by atoms with Crippen LogP contribution in [0.5, 0.6) is 0 Å². The summed E-state index contributed by atoms with van der Waals surface area (Å²) in [7, 11) is 0.109. The molecule has 0 aliphatic heterocycles. The predicted molar refractivity (Wildman–Crippen MR) is 122 cm³/mol. The third-order valence-corrected chi connectivity index (χ3v) is 5.66. The van der Waals surface area contributed by atoms with Crippen molar-refractivity contribution in [2.75, 3.05) is 65.5 Å². The fourth-order valence-electron chi connectivity index (χ4n) is 2.93. The first-order valence-electron chi connectivity index (χ1n) is 10.3. The number of rotatable bonds is 22. The van der Waals surface area contributed by atoms with Crippen molar-refractivity contribution in [2.24, 2.45) is 0 Å². The number of aliphatic carboxylic acids is 5. The summed E-state index contributed by atoms with van der Waals surface area (Å²) in [4.78, 5) is 77.9. The molecule has 0 saturated carbocycles. The van der Waals surface area contributed by atoms with E-state index in [-0.39, 0.29) is 52.6 Å². The molecule has 0 heterocycles. The maximum atomic E-state index is 11.4. The van der Waals surface area contributed by atoms with Crippen LogP contribution in [0.1, 0.15) is 0 Å². The molecule has 3 atom stereocenters. The maximum Gasteiger partial charge on any atom is 3.00 e. The van der Waals surface area contributed by atoms with Gasteiger partial charge in [0.05, 0.1) is 42.4 Å². The van der Waals surface area contributed by atoms with Crippen molar-refractivity contribution in [3.8, 4) is 0 Å². The second-order valence-electron chi connectivity index (χ2n) is 7.61. The van der Waals surface area contributed by atoms with Crippen molar-refractivity contribution in [3.05, 3.63) is 0 Å². The topological polar surface area (TPSA) is 269 Å². The molecule has 0 aliphatic rings. The summed E-state index contributed by atoms with van der Waals surface area (Å²) in [5, 5.41) is 55.3. The van der Waals surface area contributed by atoms with Crippen LogP contribution in [0.15, 0.2) is 0 Å². The molecule has 0 bridgehead atoms. The zero-order valence-electron chi connectivity index (χ0n) is 19.8. The van der Waals surface area contributed by atoms with Gasteiger partial charge in [0.15, 0.2) is 0 Å². The van der Waals surface area contributed by atoms with E-state index in [1.165, 1.54) is 0 Å². The molecule has 0 aliphatic carbocycles. The van der Waals surface area contributed by atoms with Gasteiger partial charge in [-0.25, -0.2) is 0 Å². The monoisotopic (exact) mass is 747 g/mol. The molecule has 1 radical (unpaired) electrons. The Hall–Kier alpha value is -0.250. The van der Waals surface area contributed by atoms with Gasteiger partial charge in [-0.1, -0.05) is 0 Å². The molecule has 217 valence electrons. The molecule has 0 spiro atoms. The summed E-state index contributed by atoms with van der Waals surface area (Å²) in [5.41, 5.74) is 0. The van der Waals surface area contributed by atoms with E-state index in [1.54, 1.807) is 0 Å². The summed E-state index contributed by atoms with van der Waals surface area (Å²) >= 11 is 0. The smallest absolute Gasteiger partial charge is 0.549 e. The van der Waals surface area contributed by atoms with Gasteiger partial charge >= 0.3 is 48.1 Å². The third kappa shape index (κ3) is 21.6. The van der Waals surface area contributed by atoms with E-state index in [2.05, 4.69) is 18.2 Å². The normalized spacial score (nSPS) is 12.3. The van der Waals surface area contributed by atoms with Crippen LogP contribution in [0.2, 0.25) is 0 Å². The quantitative estimate of drug-likeness (QED) is 0.0769. The van der Waals surface area contributed by atoms with Crippen LogP contribution in [0, 0.1) is 39.9 Å². The molecular formula is C16H27BGdN3O14P3-. The number of carbonyl (C=O) groups is 5. The van der Waals surface area contributed by atoms with Gasteiger partial charge in [-0.15, -0.1) is 0 Å². The Labute approximate surface area is 255 Å². The van der Waals surface area contributed by atoms with Crippen molar-refractivity contribution < 1.29 is 108 Å². The minimum Gasteiger partial charge on any atom is -0.549 e. The first-order valence-corrected chi connectivity index (χ1v) is 13.2. The first kappa shape index (κ1) is 39.9. The van der Waals surface area contributed by atoms with Crippen LogP contribution in [-0.2, 0) is 33.0 Å². The van der Waals surface area contributed by atoms with Gasteiger partial charge in [-0.2, -0.15) is 37.1 Å². The SMILES string of the molecule is O=C([O-])CN(CCN(CC(=O)[O-])C(CO[P+](O)(O)OCB(P)P)CN(CC(=O)[O-])CC(=O)[O-])CC(=O)[O-].[Gd+3]. The Bertz CT molecular complexity index is 768. The summed E-state index contributed by atoms with van der Waals surface area (Å²) in [6.45, 7) is -6.84. The van der Waals surface area contributed by atoms with Crippen molar-refractivity contribution in [1.29, 1.82) is 0 Å². The van der Waals surface area contributed by atoms with Crippen LogP contribution in [0.25, 0.3) is 0 Å². The largest absolute Gasteiger partial charge is 3.00 e. The van der Waals surface area contributed by atoms with Gasteiger partial charge in [-0.3, -0.25) is 14.7 Å². The maximum absolute atomic E-state index is 11.4. The number of hydrogen-bond donors (Lipinski definition) is 2. The molecule has 0 aromatic heterocycles. The van der Waals surface area contributed by atoms with E-state index in [9.17, 15) is 59.3 Å². The molecule has 38 heavy (non-hydrogen) atoms. The average Bonchev–Trinajstić information content (AvgIpc) is 2.70. The molecule has 22 heteroatoms. The van der Waals surface area contributed by atoms with Crippen LogP contribution in [0.4, 0.5) is 0 Å². The fourth-order valence-corrected chi connectivity index (χ4v) is 4.25. The van der Waals surface area contributed by atoms with Gasteiger partial charge in [-0.05, 0) is 0 Å². The molecule has 0 aromatic carbocycles. The Balaban J connectivity index is 0. The summed E-state index contributed by atoms with van der Waals surface area (Å²) in [6.07, 6.45) is -0.298. The van der Waals surface area contributed by atoms with E-state index in [1.807, 2.05) is 0 Å². The fraction of sp³-hybridized carbons (Fsp3) is 0.688. The molecule has 17 nitrogen and oxygen atoms in total. The minimum atomic E-state index is -4.47. The Kier molecular flexibility index (Phi) is 21.6. The molecule has 3 unspecified atom stereocenters. The predicted octanol–water partition coefficient (Wildman–Crippen LogP) is -9.52. The van der Waals surface area contributed by atoms with Crippen molar-refractivity contribution in [1.82, 2.24) is 14.7 Å². The molecule has 0 saturated heterocycles. The Morgan fingerprint density at radius 2 is 1.16 bits per heavy atom. The molecule has 0 amide bonds. The summed E-state index contributed by atoms with van der Waals surface area (Å²) in [5.74, 6) is -8.35. The Morgan fingerprint density at radius 1 is 0.737 bits per heavy atom. The van der Waals surface area contributed by atoms with E-state index in [4.69, 9.17) is 9.05 Å².